The zero-order valence-electron chi connectivity index (χ0n) is 29.6. The number of anilines is 4. The van der Waals surface area contributed by atoms with Gasteiger partial charge in [0.2, 0.25) is 0 Å². The summed E-state index contributed by atoms with van der Waals surface area (Å²) >= 11 is 0. The molecule has 15 heteroatoms. The lowest BCUT2D eigenvalue weighted by Crippen LogP contribution is -2.21. The van der Waals surface area contributed by atoms with E-state index >= 15 is 0 Å². The van der Waals surface area contributed by atoms with E-state index in [0.29, 0.717) is 11.5 Å². The van der Waals surface area contributed by atoms with Crippen molar-refractivity contribution >= 4 is 74.1 Å². The van der Waals surface area contributed by atoms with Crippen LogP contribution >= 0.6 is 0 Å². The van der Waals surface area contributed by atoms with Crippen LogP contribution in [0.25, 0.3) is 32.7 Å². The van der Waals surface area contributed by atoms with Crippen molar-refractivity contribution in [2.75, 3.05) is 34.5 Å². The SMILES string of the molecule is O=C1COc2cc(c3ccccc3c2)-c2cc(cc3ccccc23)OCC(=O)Nc2cccc(n2)NC(=O)c2cc(cc([N+](=O)[O-])c2)C(=O)Nc2cccc(n2)N1. The maximum Gasteiger partial charge on any atom is 0.271 e. The third kappa shape index (κ3) is 8.02. The molecule has 280 valence electrons. The van der Waals surface area contributed by atoms with Crippen LogP contribution in [0.2, 0.25) is 0 Å². The highest BCUT2D eigenvalue weighted by molar-refractivity contribution is 6.10. The number of ether oxygens (including phenoxy) is 2. The molecule has 10 bridgehead atoms. The highest BCUT2D eigenvalue weighted by Gasteiger charge is 2.20. The van der Waals surface area contributed by atoms with E-state index in [1.165, 1.54) is 30.3 Å². The number of carbonyl (C=O) groups excluding carboxylic acids is 4. The maximum atomic E-state index is 13.3. The highest BCUT2D eigenvalue weighted by atomic mass is 16.6. The van der Waals surface area contributed by atoms with Crippen molar-refractivity contribution < 1.29 is 33.6 Å². The number of rotatable bonds is 1. The van der Waals surface area contributed by atoms with Crippen LogP contribution in [-0.4, -0.2) is 51.7 Å². The molecule has 1 aliphatic rings. The van der Waals surface area contributed by atoms with Crippen molar-refractivity contribution in [2.45, 2.75) is 0 Å². The molecule has 2 aromatic heterocycles. The van der Waals surface area contributed by atoms with Crippen LogP contribution in [0.3, 0.4) is 0 Å². The normalized spacial score (nSPS) is 13.5. The summed E-state index contributed by atoms with van der Waals surface area (Å²) in [6.45, 7) is -0.768. The van der Waals surface area contributed by atoms with E-state index in [0.717, 1.165) is 44.8 Å². The van der Waals surface area contributed by atoms with Crippen LogP contribution in [0.5, 0.6) is 11.5 Å². The fourth-order valence-corrected chi connectivity index (χ4v) is 6.34. The fourth-order valence-electron chi connectivity index (χ4n) is 6.34. The van der Waals surface area contributed by atoms with Crippen LogP contribution in [0, 0.1) is 10.1 Å². The largest absolute Gasteiger partial charge is 0.484 e. The topological polar surface area (TPSA) is 204 Å². The van der Waals surface area contributed by atoms with Gasteiger partial charge in [-0.1, -0.05) is 60.7 Å². The molecule has 4 N–H and O–H groups in total. The van der Waals surface area contributed by atoms with E-state index in [4.69, 9.17) is 9.47 Å². The number of carbonyl (C=O) groups is 4. The van der Waals surface area contributed by atoms with Gasteiger partial charge in [-0.15, -0.1) is 0 Å². The molecule has 0 saturated heterocycles. The Labute approximate surface area is 322 Å². The van der Waals surface area contributed by atoms with Crippen LogP contribution in [-0.2, 0) is 9.59 Å². The van der Waals surface area contributed by atoms with Gasteiger partial charge in [-0.2, -0.15) is 0 Å². The third-order valence-electron chi connectivity index (χ3n) is 8.87. The average molecular weight is 760 g/mol. The second kappa shape index (κ2) is 15.3. The second-order valence-electron chi connectivity index (χ2n) is 12.8. The first-order valence-corrected chi connectivity index (χ1v) is 17.4. The Bertz CT molecular complexity index is 2610. The van der Waals surface area contributed by atoms with Crippen LogP contribution in [0.1, 0.15) is 20.7 Å². The molecule has 0 radical (unpaired) electrons. The molecule has 5 aromatic carbocycles. The lowest BCUT2D eigenvalue weighted by Gasteiger charge is -2.16. The monoisotopic (exact) mass is 759 g/mol. The molecule has 0 saturated carbocycles. The zero-order chi connectivity index (χ0) is 39.5. The van der Waals surface area contributed by atoms with Gasteiger partial charge in [-0.05, 0) is 87.3 Å². The number of nitro groups is 1. The van der Waals surface area contributed by atoms with E-state index in [1.807, 2.05) is 72.8 Å². The minimum atomic E-state index is -0.806. The molecule has 57 heavy (non-hydrogen) atoms. The summed E-state index contributed by atoms with van der Waals surface area (Å²) in [5.74, 6) is -1.61. The summed E-state index contributed by atoms with van der Waals surface area (Å²) in [6.07, 6.45) is 0. The lowest BCUT2D eigenvalue weighted by atomic mass is 9.93. The standard InChI is InChI=1S/C42H29N7O8/c50-39-22-56-29-18-24-7-1-3-9-31(24)33(20-29)34-21-30(19-25-8-2-4-10-32(25)34)57-23-40(51)46-36-12-6-14-38(44-36)48-42(53)27-15-26(16-28(17-27)49(54)55)41(52)47-37-13-5-11-35(43-37)45-39/h1-21H,22-23H2,(H2,43,45,47,50,52)(H2,44,46,48,51,53). The van der Waals surface area contributed by atoms with Gasteiger partial charge >= 0.3 is 0 Å². The number of nitrogens with one attached hydrogen (secondary N) is 4. The summed E-state index contributed by atoms with van der Waals surface area (Å²) in [6, 6.07) is 35.1. The molecule has 15 nitrogen and oxygen atoms in total. The number of nitro benzene ring substituents is 1. The van der Waals surface area contributed by atoms with E-state index in [2.05, 4.69) is 31.2 Å². The summed E-state index contributed by atoms with van der Waals surface area (Å²) in [7, 11) is 0. The third-order valence-corrected chi connectivity index (χ3v) is 8.87. The van der Waals surface area contributed by atoms with E-state index in [1.54, 1.807) is 12.1 Å². The van der Waals surface area contributed by atoms with Gasteiger partial charge < -0.3 is 30.7 Å². The van der Waals surface area contributed by atoms with Crippen LogP contribution < -0.4 is 30.7 Å². The molecule has 0 atom stereocenters. The number of non-ortho nitro benzene ring substituents is 1. The highest BCUT2D eigenvalue weighted by Crippen LogP contribution is 2.39. The van der Waals surface area contributed by atoms with Gasteiger partial charge in [0.1, 0.15) is 34.8 Å². The fraction of sp³-hybridized carbons (Fsp3) is 0.0476. The molecule has 3 heterocycles. The Balaban J connectivity index is 1.18. The Morgan fingerprint density at radius 1 is 0.509 bits per heavy atom. The minimum Gasteiger partial charge on any atom is -0.484 e. The predicted molar refractivity (Wildman–Crippen MR) is 213 cm³/mol. The van der Waals surface area contributed by atoms with Gasteiger partial charge in [0.15, 0.2) is 13.2 Å². The predicted octanol–water partition coefficient (Wildman–Crippen LogP) is 7.21. The average Bonchev–Trinajstić information content (AvgIpc) is 3.21. The Kier molecular flexibility index (Phi) is 9.59. The first-order valence-electron chi connectivity index (χ1n) is 17.4. The zero-order valence-corrected chi connectivity index (χ0v) is 29.6. The summed E-state index contributed by atoms with van der Waals surface area (Å²) < 4.78 is 12.0. The van der Waals surface area contributed by atoms with Crippen LogP contribution in [0.15, 0.2) is 127 Å². The molecule has 4 amide bonds. The first kappa shape index (κ1) is 35.8. The smallest absolute Gasteiger partial charge is 0.271 e. The lowest BCUT2D eigenvalue weighted by molar-refractivity contribution is -0.384. The van der Waals surface area contributed by atoms with Crippen molar-refractivity contribution in [3.8, 4) is 22.6 Å². The van der Waals surface area contributed by atoms with E-state index in [9.17, 15) is 29.3 Å². The second-order valence-corrected chi connectivity index (χ2v) is 12.8. The summed E-state index contributed by atoms with van der Waals surface area (Å²) in [5.41, 5.74) is 0.666. The number of amides is 4. The van der Waals surface area contributed by atoms with E-state index in [-0.39, 0.29) is 47.6 Å². The van der Waals surface area contributed by atoms with Crippen molar-refractivity contribution in [3.05, 3.63) is 149 Å². The maximum absolute atomic E-state index is 13.3. The quantitative estimate of drug-likeness (QED) is 0.0978. The van der Waals surface area contributed by atoms with Gasteiger partial charge in [0, 0.05) is 23.3 Å². The number of pyridine rings is 2. The molecule has 0 fully saturated rings. The van der Waals surface area contributed by atoms with E-state index < -0.39 is 34.2 Å². The molecule has 8 rings (SSSR count). The van der Waals surface area contributed by atoms with Gasteiger partial charge in [0.05, 0.1) is 4.92 Å². The molecule has 1 aliphatic heterocycles. The number of benzene rings is 5. The number of hydrogen-bond donors (Lipinski definition) is 4. The Hall–Kier alpha value is -8.20. The molecule has 0 spiro atoms. The number of fused-ring (bicyclic) bond motifs is 15. The number of aromatic nitrogens is 2. The van der Waals surface area contributed by atoms with Crippen molar-refractivity contribution in [3.63, 3.8) is 0 Å². The minimum absolute atomic E-state index is 0.0225. The first-order chi connectivity index (χ1) is 27.6. The Morgan fingerprint density at radius 2 is 0.930 bits per heavy atom. The number of hydrogen-bond acceptors (Lipinski definition) is 10. The van der Waals surface area contributed by atoms with Crippen LogP contribution in [0.4, 0.5) is 29.0 Å². The van der Waals surface area contributed by atoms with Gasteiger partial charge in [0.25, 0.3) is 29.3 Å². The molecular weight excluding hydrogens is 731 g/mol. The summed E-state index contributed by atoms with van der Waals surface area (Å²) in [4.78, 5) is 72.5. The molecule has 0 aliphatic carbocycles. The molecule has 7 aromatic rings. The number of nitrogens with zero attached hydrogens (tertiary/aromatic N) is 3. The Morgan fingerprint density at radius 3 is 1.37 bits per heavy atom. The molecule has 0 unspecified atom stereocenters. The van der Waals surface area contributed by atoms with Gasteiger partial charge in [-0.25, -0.2) is 9.97 Å². The van der Waals surface area contributed by atoms with Crippen molar-refractivity contribution in [1.29, 1.82) is 0 Å². The molecular formula is C42H29N7O8. The summed E-state index contributed by atoms with van der Waals surface area (Å²) in [5, 5.41) is 25.7. The van der Waals surface area contributed by atoms with Crippen molar-refractivity contribution in [2.24, 2.45) is 0 Å². The van der Waals surface area contributed by atoms with Crippen molar-refractivity contribution in [1.82, 2.24) is 9.97 Å². The van der Waals surface area contributed by atoms with Gasteiger partial charge in [-0.3, -0.25) is 29.3 Å².